The van der Waals surface area contributed by atoms with E-state index in [2.05, 4.69) is 56.9 Å². The van der Waals surface area contributed by atoms with Crippen molar-refractivity contribution in [2.75, 3.05) is 11.1 Å². The topological polar surface area (TPSA) is 81.9 Å². The van der Waals surface area contributed by atoms with E-state index in [-0.39, 0.29) is 18.3 Å². The molecule has 1 N–H and O–H groups in total. The zero-order valence-corrected chi connectivity index (χ0v) is 24.0. The summed E-state index contributed by atoms with van der Waals surface area (Å²) >= 11 is 2.82. The molecule has 2 aromatic heterocycles. The quantitative estimate of drug-likeness (QED) is 0.175. The fourth-order valence-corrected chi connectivity index (χ4v) is 6.10. The Balaban J connectivity index is 1.11. The molecule has 0 saturated heterocycles. The number of carbonyl (C=O) groups excluding carboxylic acids is 1. The number of thioether (sulfide) groups is 1. The molecule has 4 aromatic carbocycles. The van der Waals surface area contributed by atoms with Crippen LogP contribution >= 0.6 is 23.1 Å². The van der Waals surface area contributed by atoms with E-state index in [1.165, 1.54) is 45.0 Å². The van der Waals surface area contributed by atoms with E-state index in [4.69, 9.17) is 4.74 Å². The summed E-state index contributed by atoms with van der Waals surface area (Å²) in [7, 11) is 0. The maximum atomic E-state index is 12.9. The lowest BCUT2D eigenvalue weighted by molar-refractivity contribution is -0.113. The first-order valence-electron chi connectivity index (χ1n) is 13.2. The lowest BCUT2D eigenvalue weighted by Crippen LogP contribution is -2.14. The van der Waals surface area contributed by atoms with Gasteiger partial charge in [-0.25, -0.2) is 4.98 Å². The van der Waals surface area contributed by atoms with Crippen molar-refractivity contribution in [3.63, 3.8) is 0 Å². The number of benzene rings is 4. The minimum absolute atomic E-state index is 0.152. The Bertz CT molecular complexity index is 1780. The van der Waals surface area contributed by atoms with Crippen LogP contribution < -0.4 is 10.1 Å². The van der Waals surface area contributed by atoms with Gasteiger partial charge in [-0.2, -0.15) is 0 Å². The number of nitrogens with one attached hydrogen (secondary N) is 1. The molecule has 0 aliphatic carbocycles. The molecule has 0 unspecified atom stereocenters. The van der Waals surface area contributed by atoms with Gasteiger partial charge in [-0.15, -0.1) is 21.5 Å². The number of aryl methyl sites for hydroxylation is 1. The third-order valence-corrected chi connectivity index (χ3v) is 8.32. The Hall–Kier alpha value is -4.47. The number of fused-ring (bicyclic) bond motifs is 1. The molecule has 7 nitrogen and oxygen atoms in total. The van der Waals surface area contributed by atoms with Crippen LogP contribution in [0.4, 0.5) is 5.13 Å². The summed E-state index contributed by atoms with van der Waals surface area (Å²) in [5.41, 5.74) is 3.31. The fourth-order valence-electron chi connectivity index (χ4n) is 4.47. The van der Waals surface area contributed by atoms with Crippen LogP contribution in [0.1, 0.15) is 21.8 Å². The largest absolute Gasteiger partial charge is 0.486 e. The van der Waals surface area contributed by atoms with E-state index < -0.39 is 0 Å². The first-order valence-corrected chi connectivity index (χ1v) is 15.0. The molecule has 2 heterocycles. The normalized spacial score (nSPS) is 11.0. The highest BCUT2D eigenvalue weighted by Gasteiger charge is 2.17. The van der Waals surface area contributed by atoms with Crippen LogP contribution in [0.5, 0.6) is 5.75 Å². The summed E-state index contributed by atoms with van der Waals surface area (Å²) in [5.74, 6) is 1.43. The van der Waals surface area contributed by atoms with Crippen molar-refractivity contribution in [2.45, 2.75) is 25.1 Å². The van der Waals surface area contributed by atoms with Gasteiger partial charge in [-0.3, -0.25) is 9.36 Å². The number of carbonyl (C=O) groups is 1. The lowest BCUT2D eigenvalue weighted by atomic mass is 10.0. The summed E-state index contributed by atoms with van der Waals surface area (Å²) in [6.45, 7) is 2.28. The minimum Gasteiger partial charge on any atom is -0.486 e. The van der Waals surface area contributed by atoms with Crippen molar-refractivity contribution in [2.24, 2.45) is 0 Å². The van der Waals surface area contributed by atoms with E-state index in [0.29, 0.717) is 16.1 Å². The molecule has 0 fully saturated rings. The summed E-state index contributed by atoms with van der Waals surface area (Å²) in [6.07, 6.45) is 2.60. The van der Waals surface area contributed by atoms with E-state index in [0.717, 1.165) is 22.7 Å². The predicted molar refractivity (Wildman–Crippen MR) is 165 cm³/mol. The number of amides is 1. The molecule has 1 amide bonds. The molecule has 0 bridgehead atoms. The van der Waals surface area contributed by atoms with Crippen LogP contribution in [0.2, 0.25) is 0 Å². The Labute approximate surface area is 246 Å². The third-order valence-electron chi connectivity index (χ3n) is 6.48. The van der Waals surface area contributed by atoms with Gasteiger partial charge in [-0.05, 0) is 47.5 Å². The number of ether oxygens (including phenoxy) is 1. The summed E-state index contributed by atoms with van der Waals surface area (Å²) in [4.78, 5) is 18.4. The third kappa shape index (κ3) is 6.48. The maximum Gasteiger partial charge on any atom is 0.236 e. The number of anilines is 1. The second kappa shape index (κ2) is 12.4. The van der Waals surface area contributed by atoms with Gasteiger partial charge in [0.05, 0.1) is 5.75 Å². The van der Waals surface area contributed by atoms with Crippen LogP contribution in [0.15, 0.2) is 108 Å². The number of para-hydroxylation sites is 1. The summed E-state index contributed by atoms with van der Waals surface area (Å²) in [6, 6.07) is 32.4. The van der Waals surface area contributed by atoms with Crippen LogP contribution in [0.3, 0.4) is 0 Å². The molecule has 6 aromatic rings. The number of thiazole rings is 1. The van der Waals surface area contributed by atoms with Crippen molar-refractivity contribution in [1.82, 2.24) is 19.7 Å². The molecular formula is C32H27N5O2S2. The number of rotatable bonds is 10. The van der Waals surface area contributed by atoms with E-state index >= 15 is 0 Å². The van der Waals surface area contributed by atoms with Gasteiger partial charge in [0.15, 0.2) is 16.1 Å². The van der Waals surface area contributed by atoms with Gasteiger partial charge in [0, 0.05) is 23.2 Å². The number of nitrogens with zero attached hydrogens (tertiary/aromatic N) is 4. The van der Waals surface area contributed by atoms with Crippen molar-refractivity contribution in [3.05, 3.63) is 125 Å². The molecule has 0 spiro atoms. The van der Waals surface area contributed by atoms with Crippen molar-refractivity contribution in [1.29, 1.82) is 0 Å². The van der Waals surface area contributed by atoms with E-state index in [1.807, 2.05) is 78.4 Å². The minimum atomic E-state index is -0.152. The smallest absolute Gasteiger partial charge is 0.236 e. The fraction of sp³-hybridized carbons (Fsp3) is 0.125. The Morgan fingerprint density at radius 2 is 1.71 bits per heavy atom. The zero-order valence-electron chi connectivity index (χ0n) is 22.4. The first kappa shape index (κ1) is 26.7. The standard InChI is InChI=1S/C32H27N5O2S2/c1-22-14-16-26(17-15-22)39-20-29-35-36-32(37(29)25-11-3-2-4-12-25)40-21-30(38)34-31-33-19-27(41-31)18-24-10-7-9-23-8-5-6-13-28(23)24/h2-17,19H,18,20-21H2,1H3,(H,33,34,38). The van der Waals surface area contributed by atoms with Gasteiger partial charge >= 0.3 is 0 Å². The number of aromatic nitrogens is 4. The van der Waals surface area contributed by atoms with Crippen molar-refractivity contribution < 1.29 is 9.53 Å². The van der Waals surface area contributed by atoms with Crippen LogP contribution in [-0.4, -0.2) is 31.4 Å². The van der Waals surface area contributed by atoms with Crippen LogP contribution in [0, 0.1) is 6.92 Å². The Morgan fingerprint density at radius 1 is 0.927 bits per heavy atom. The van der Waals surface area contributed by atoms with Crippen LogP contribution in [-0.2, 0) is 17.8 Å². The van der Waals surface area contributed by atoms with Gasteiger partial charge in [0.2, 0.25) is 5.91 Å². The molecule has 9 heteroatoms. The van der Waals surface area contributed by atoms with Gasteiger partial charge < -0.3 is 10.1 Å². The van der Waals surface area contributed by atoms with Gasteiger partial charge in [0.25, 0.3) is 0 Å². The highest BCUT2D eigenvalue weighted by atomic mass is 32.2. The Kier molecular flexibility index (Phi) is 8.06. The average Bonchev–Trinajstić information content (AvgIpc) is 3.62. The number of hydrogen-bond acceptors (Lipinski definition) is 7. The van der Waals surface area contributed by atoms with E-state index in [1.54, 1.807) is 0 Å². The predicted octanol–water partition coefficient (Wildman–Crippen LogP) is 7.09. The first-order chi connectivity index (χ1) is 20.1. The Morgan fingerprint density at radius 3 is 2.56 bits per heavy atom. The lowest BCUT2D eigenvalue weighted by Gasteiger charge is -2.11. The molecule has 0 aliphatic rings. The zero-order chi connectivity index (χ0) is 28.0. The molecule has 0 saturated carbocycles. The molecular weight excluding hydrogens is 551 g/mol. The summed E-state index contributed by atoms with van der Waals surface area (Å²) in [5, 5.41) is 15.3. The second-order valence-corrected chi connectivity index (χ2v) is 11.5. The second-order valence-electron chi connectivity index (χ2n) is 9.46. The molecule has 6 rings (SSSR count). The van der Waals surface area contributed by atoms with Gasteiger partial charge in [0.1, 0.15) is 12.4 Å². The van der Waals surface area contributed by atoms with Gasteiger partial charge in [-0.1, -0.05) is 90.1 Å². The summed E-state index contributed by atoms with van der Waals surface area (Å²) < 4.78 is 7.91. The molecule has 0 aliphatic heterocycles. The number of hydrogen-bond donors (Lipinski definition) is 1. The van der Waals surface area contributed by atoms with E-state index in [9.17, 15) is 4.79 Å². The monoisotopic (exact) mass is 577 g/mol. The molecule has 0 atom stereocenters. The highest BCUT2D eigenvalue weighted by Crippen LogP contribution is 2.27. The van der Waals surface area contributed by atoms with Crippen LogP contribution in [0.25, 0.3) is 16.5 Å². The molecule has 0 radical (unpaired) electrons. The van der Waals surface area contributed by atoms with Crippen molar-refractivity contribution >= 4 is 44.9 Å². The van der Waals surface area contributed by atoms with Crippen molar-refractivity contribution in [3.8, 4) is 11.4 Å². The highest BCUT2D eigenvalue weighted by molar-refractivity contribution is 7.99. The molecule has 41 heavy (non-hydrogen) atoms. The SMILES string of the molecule is Cc1ccc(OCc2nnc(SCC(=O)Nc3ncc(Cc4cccc5ccccc45)s3)n2-c2ccccc2)cc1. The maximum absolute atomic E-state index is 12.9. The molecule has 204 valence electrons. The average molecular weight is 578 g/mol.